The number of para-hydroxylation sites is 1. The molecule has 1 unspecified atom stereocenters. The molecule has 1 saturated heterocycles. The molecule has 0 saturated carbocycles. The maximum absolute atomic E-state index is 13.5. The Hall–Kier alpha value is -4.50. The maximum Gasteiger partial charge on any atom is 0.299 e. The summed E-state index contributed by atoms with van der Waals surface area (Å²) in [5.74, 6) is 0.188. The molecule has 5 rings (SSSR count). The smallest absolute Gasteiger partial charge is 0.299 e. The standard InChI is InChI=1S/C29H27FN4O4/c1-19-5-2-3-7-25(19)38-26-18-32-34(23-14-10-21(30)11-15-23)29(36)27(26)33-22-12-8-20(9-13-22)28(35)31-17-24-6-4-16-37-24/h2-3,5,7-15,18,24,33H,4,6,16-17H2,1H3,(H,31,35). The Morgan fingerprint density at radius 2 is 1.84 bits per heavy atom. The van der Waals surface area contributed by atoms with Crippen LogP contribution in [0, 0.1) is 12.7 Å². The molecule has 2 N–H and O–H groups in total. The summed E-state index contributed by atoms with van der Waals surface area (Å²) in [6, 6.07) is 19.7. The molecule has 1 amide bonds. The monoisotopic (exact) mass is 514 g/mol. The molecule has 1 fully saturated rings. The number of carbonyl (C=O) groups is 1. The number of rotatable bonds is 8. The lowest BCUT2D eigenvalue weighted by Crippen LogP contribution is -2.31. The van der Waals surface area contributed by atoms with Gasteiger partial charge in [0.25, 0.3) is 11.5 Å². The summed E-state index contributed by atoms with van der Waals surface area (Å²) < 4.78 is 26.2. The predicted octanol–water partition coefficient (Wildman–Crippen LogP) is 5.12. The van der Waals surface area contributed by atoms with Crippen molar-refractivity contribution in [2.45, 2.75) is 25.9 Å². The van der Waals surface area contributed by atoms with E-state index in [-0.39, 0.29) is 23.4 Å². The molecule has 0 bridgehead atoms. The second-order valence-electron chi connectivity index (χ2n) is 8.99. The lowest BCUT2D eigenvalue weighted by atomic mass is 10.1. The Morgan fingerprint density at radius 3 is 2.55 bits per heavy atom. The van der Waals surface area contributed by atoms with Gasteiger partial charge in [0.1, 0.15) is 11.6 Å². The van der Waals surface area contributed by atoms with E-state index in [2.05, 4.69) is 15.7 Å². The molecule has 0 spiro atoms. The first-order valence-corrected chi connectivity index (χ1v) is 12.4. The molecule has 0 radical (unpaired) electrons. The Labute approximate surface area is 219 Å². The average molecular weight is 515 g/mol. The van der Waals surface area contributed by atoms with Gasteiger partial charge in [-0.2, -0.15) is 9.78 Å². The minimum atomic E-state index is -0.485. The molecule has 1 atom stereocenters. The van der Waals surface area contributed by atoms with E-state index >= 15 is 0 Å². The third-order valence-electron chi connectivity index (χ3n) is 6.26. The highest BCUT2D eigenvalue weighted by Gasteiger charge is 2.18. The van der Waals surface area contributed by atoms with Crippen LogP contribution in [0.3, 0.4) is 0 Å². The van der Waals surface area contributed by atoms with Crippen molar-refractivity contribution in [3.05, 3.63) is 106 Å². The molecule has 194 valence electrons. The average Bonchev–Trinajstić information content (AvgIpc) is 3.45. The number of hydrogen-bond acceptors (Lipinski definition) is 6. The van der Waals surface area contributed by atoms with E-state index in [0.29, 0.717) is 29.2 Å². The summed E-state index contributed by atoms with van der Waals surface area (Å²) in [6.45, 7) is 3.10. The van der Waals surface area contributed by atoms with Crippen molar-refractivity contribution >= 4 is 17.3 Å². The Bertz CT molecular complexity index is 1480. The van der Waals surface area contributed by atoms with Crippen LogP contribution in [0.1, 0.15) is 28.8 Å². The molecule has 1 aliphatic heterocycles. The van der Waals surface area contributed by atoms with Gasteiger partial charge in [0.15, 0.2) is 11.4 Å². The molecule has 3 aromatic carbocycles. The number of aromatic nitrogens is 2. The van der Waals surface area contributed by atoms with Crippen molar-refractivity contribution < 1.29 is 18.7 Å². The van der Waals surface area contributed by atoms with Gasteiger partial charge in [-0.3, -0.25) is 9.59 Å². The number of nitrogens with zero attached hydrogens (tertiary/aromatic N) is 2. The first-order chi connectivity index (χ1) is 18.5. The van der Waals surface area contributed by atoms with Crippen molar-refractivity contribution in [1.29, 1.82) is 0 Å². The van der Waals surface area contributed by atoms with Crippen LogP contribution >= 0.6 is 0 Å². The minimum absolute atomic E-state index is 0.0570. The third-order valence-corrected chi connectivity index (χ3v) is 6.26. The van der Waals surface area contributed by atoms with Crippen molar-refractivity contribution in [2.75, 3.05) is 18.5 Å². The lowest BCUT2D eigenvalue weighted by molar-refractivity contribution is 0.0858. The summed E-state index contributed by atoms with van der Waals surface area (Å²) >= 11 is 0. The Kier molecular flexibility index (Phi) is 7.46. The molecule has 2 heterocycles. The number of carbonyl (C=O) groups excluding carboxylic acids is 1. The number of aryl methyl sites for hydroxylation is 1. The summed E-state index contributed by atoms with van der Waals surface area (Å²) in [7, 11) is 0. The van der Waals surface area contributed by atoms with Crippen LogP contribution in [-0.4, -0.2) is 34.9 Å². The Morgan fingerprint density at radius 1 is 1.08 bits per heavy atom. The van der Waals surface area contributed by atoms with Crippen LogP contribution < -0.4 is 20.9 Å². The van der Waals surface area contributed by atoms with Gasteiger partial charge < -0.3 is 20.1 Å². The summed E-state index contributed by atoms with van der Waals surface area (Å²) in [6.07, 6.45) is 3.44. The summed E-state index contributed by atoms with van der Waals surface area (Å²) in [4.78, 5) is 26.1. The van der Waals surface area contributed by atoms with Crippen molar-refractivity contribution in [3.63, 3.8) is 0 Å². The second kappa shape index (κ2) is 11.3. The second-order valence-corrected chi connectivity index (χ2v) is 8.99. The largest absolute Gasteiger partial charge is 0.453 e. The molecular weight excluding hydrogens is 487 g/mol. The van der Waals surface area contributed by atoms with E-state index in [1.165, 1.54) is 35.1 Å². The van der Waals surface area contributed by atoms with Crippen LogP contribution in [0.15, 0.2) is 83.8 Å². The third kappa shape index (κ3) is 5.73. The zero-order valence-electron chi connectivity index (χ0n) is 20.8. The number of halogens is 1. The molecule has 38 heavy (non-hydrogen) atoms. The number of amides is 1. The van der Waals surface area contributed by atoms with Crippen LogP contribution in [0.5, 0.6) is 11.5 Å². The summed E-state index contributed by atoms with van der Waals surface area (Å²) in [5.41, 5.74) is 2.01. The van der Waals surface area contributed by atoms with Crippen LogP contribution in [0.2, 0.25) is 0 Å². The van der Waals surface area contributed by atoms with Gasteiger partial charge in [0, 0.05) is 24.4 Å². The fourth-order valence-electron chi connectivity index (χ4n) is 4.15. The first kappa shape index (κ1) is 25.2. The van der Waals surface area contributed by atoms with E-state index < -0.39 is 11.4 Å². The van der Waals surface area contributed by atoms with Crippen molar-refractivity contribution in [1.82, 2.24) is 15.1 Å². The van der Waals surface area contributed by atoms with Gasteiger partial charge in [-0.1, -0.05) is 18.2 Å². The quantitative estimate of drug-likeness (QED) is 0.339. The summed E-state index contributed by atoms with van der Waals surface area (Å²) in [5, 5.41) is 10.3. The number of hydrogen-bond donors (Lipinski definition) is 2. The van der Waals surface area contributed by atoms with Gasteiger partial charge in [-0.15, -0.1) is 0 Å². The van der Waals surface area contributed by atoms with Gasteiger partial charge in [-0.05, 0) is 79.9 Å². The minimum Gasteiger partial charge on any atom is -0.453 e. The molecule has 0 aliphatic carbocycles. The number of ether oxygens (including phenoxy) is 2. The Balaban J connectivity index is 1.42. The van der Waals surface area contributed by atoms with Gasteiger partial charge >= 0.3 is 0 Å². The highest BCUT2D eigenvalue weighted by atomic mass is 19.1. The predicted molar refractivity (Wildman–Crippen MR) is 142 cm³/mol. The van der Waals surface area contributed by atoms with Crippen molar-refractivity contribution in [3.8, 4) is 17.2 Å². The number of benzene rings is 3. The SMILES string of the molecule is Cc1ccccc1Oc1cnn(-c2ccc(F)cc2)c(=O)c1Nc1ccc(C(=O)NCC2CCCO2)cc1. The van der Waals surface area contributed by atoms with E-state index in [1.54, 1.807) is 30.3 Å². The van der Waals surface area contributed by atoms with E-state index in [4.69, 9.17) is 9.47 Å². The zero-order chi connectivity index (χ0) is 26.5. The molecule has 1 aromatic heterocycles. The molecule has 1 aliphatic rings. The zero-order valence-corrected chi connectivity index (χ0v) is 20.8. The van der Waals surface area contributed by atoms with E-state index in [9.17, 15) is 14.0 Å². The van der Waals surface area contributed by atoms with Crippen LogP contribution in [0.4, 0.5) is 15.8 Å². The maximum atomic E-state index is 13.5. The van der Waals surface area contributed by atoms with Gasteiger partial charge in [0.2, 0.25) is 0 Å². The van der Waals surface area contributed by atoms with Crippen LogP contribution in [0.25, 0.3) is 5.69 Å². The number of nitrogens with one attached hydrogen (secondary N) is 2. The lowest BCUT2D eigenvalue weighted by Gasteiger charge is -2.16. The van der Waals surface area contributed by atoms with Gasteiger partial charge in [0.05, 0.1) is 18.0 Å². The molecule has 9 heteroatoms. The van der Waals surface area contributed by atoms with E-state index in [1.807, 2.05) is 25.1 Å². The topological polar surface area (TPSA) is 94.5 Å². The normalized spacial score (nSPS) is 14.7. The van der Waals surface area contributed by atoms with E-state index in [0.717, 1.165) is 25.0 Å². The van der Waals surface area contributed by atoms with Crippen LogP contribution in [-0.2, 0) is 4.74 Å². The highest BCUT2D eigenvalue weighted by Crippen LogP contribution is 2.30. The first-order valence-electron chi connectivity index (χ1n) is 12.4. The molecular formula is C29H27FN4O4. The fraction of sp³-hybridized carbons (Fsp3) is 0.207. The number of anilines is 2. The van der Waals surface area contributed by atoms with Gasteiger partial charge in [-0.25, -0.2) is 4.39 Å². The fourth-order valence-corrected chi connectivity index (χ4v) is 4.15. The van der Waals surface area contributed by atoms with Crippen molar-refractivity contribution in [2.24, 2.45) is 0 Å². The molecule has 4 aromatic rings. The molecule has 8 nitrogen and oxygen atoms in total. The highest BCUT2D eigenvalue weighted by molar-refractivity contribution is 5.94.